The summed E-state index contributed by atoms with van der Waals surface area (Å²) in [7, 11) is 0. The van der Waals surface area contributed by atoms with Crippen molar-refractivity contribution in [2.45, 2.75) is 18.9 Å². The summed E-state index contributed by atoms with van der Waals surface area (Å²) >= 11 is 0. The minimum absolute atomic E-state index is 0.0231. The van der Waals surface area contributed by atoms with Crippen LogP contribution in [0, 0.1) is 0 Å². The van der Waals surface area contributed by atoms with Gasteiger partial charge in [-0.15, -0.1) is 0 Å². The molecular formula is C9H20N2O6. The minimum atomic E-state index is -1.17. The van der Waals surface area contributed by atoms with Gasteiger partial charge in [0.2, 0.25) is 0 Å². The van der Waals surface area contributed by atoms with Crippen LogP contribution in [0.5, 0.6) is 0 Å². The summed E-state index contributed by atoms with van der Waals surface area (Å²) in [4.78, 5) is 19.9. The van der Waals surface area contributed by atoms with Crippen molar-refractivity contribution in [1.29, 1.82) is 0 Å². The van der Waals surface area contributed by atoms with E-state index in [1.165, 1.54) is 0 Å². The van der Waals surface area contributed by atoms with Crippen molar-refractivity contribution in [2.75, 3.05) is 26.3 Å². The van der Waals surface area contributed by atoms with Gasteiger partial charge in [0.25, 0.3) is 0 Å². The van der Waals surface area contributed by atoms with Crippen LogP contribution in [0.15, 0.2) is 0 Å². The number of aliphatic hydroxyl groups excluding tert-OH is 2. The van der Waals surface area contributed by atoms with Crippen molar-refractivity contribution >= 4 is 11.9 Å². The second-order valence-electron chi connectivity index (χ2n) is 3.07. The predicted octanol–water partition coefficient (Wildman–Crippen LogP) is -2.18. The Morgan fingerprint density at radius 3 is 1.88 bits per heavy atom. The van der Waals surface area contributed by atoms with Crippen molar-refractivity contribution in [1.82, 2.24) is 5.32 Å². The molecule has 8 heteroatoms. The molecule has 0 aromatic rings. The third-order valence-corrected chi connectivity index (χ3v) is 1.56. The molecule has 0 aliphatic carbocycles. The zero-order valence-electron chi connectivity index (χ0n) is 9.50. The number of carbonyl (C=O) groups is 2. The van der Waals surface area contributed by atoms with Gasteiger partial charge in [-0.1, -0.05) is 0 Å². The van der Waals surface area contributed by atoms with Crippen molar-refractivity contribution in [3.63, 3.8) is 0 Å². The van der Waals surface area contributed by atoms with Crippen LogP contribution in [-0.4, -0.2) is 64.7 Å². The first-order valence-electron chi connectivity index (χ1n) is 5.08. The molecule has 17 heavy (non-hydrogen) atoms. The number of aliphatic hydroxyl groups is 2. The Hall–Kier alpha value is -1.22. The lowest BCUT2D eigenvalue weighted by atomic mass is 10.2. The predicted molar refractivity (Wildman–Crippen MR) is 59.5 cm³/mol. The molecule has 7 N–H and O–H groups in total. The average molecular weight is 252 g/mol. The third-order valence-electron chi connectivity index (χ3n) is 1.56. The summed E-state index contributed by atoms with van der Waals surface area (Å²) in [6, 6.07) is -1.06. The fourth-order valence-corrected chi connectivity index (χ4v) is 0.686. The van der Waals surface area contributed by atoms with Gasteiger partial charge in [0.05, 0.1) is 13.2 Å². The second-order valence-corrected chi connectivity index (χ2v) is 3.07. The van der Waals surface area contributed by atoms with Crippen LogP contribution in [0.25, 0.3) is 0 Å². The van der Waals surface area contributed by atoms with Gasteiger partial charge in [0, 0.05) is 19.5 Å². The number of nitrogens with two attached hydrogens (primary N) is 1. The van der Waals surface area contributed by atoms with Crippen LogP contribution >= 0.6 is 0 Å². The van der Waals surface area contributed by atoms with E-state index in [4.69, 9.17) is 26.2 Å². The molecule has 0 amide bonds. The summed E-state index contributed by atoms with van der Waals surface area (Å²) < 4.78 is 0. The van der Waals surface area contributed by atoms with E-state index in [9.17, 15) is 9.59 Å². The van der Waals surface area contributed by atoms with Crippen LogP contribution in [0.1, 0.15) is 12.8 Å². The van der Waals surface area contributed by atoms with Gasteiger partial charge in [-0.05, 0) is 6.42 Å². The first kappa shape index (κ1) is 18.2. The first-order chi connectivity index (χ1) is 7.95. The summed E-state index contributed by atoms with van der Waals surface area (Å²) in [6.45, 7) is 1.42. The first-order valence-corrected chi connectivity index (χ1v) is 5.08. The largest absolute Gasteiger partial charge is 0.481 e. The minimum Gasteiger partial charge on any atom is -0.481 e. The van der Waals surface area contributed by atoms with Crippen molar-refractivity contribution in [2.24, 2.45) is 5.73 Å². The molecule has 102 valence electrons. The highest BCUT2D eigenvalue weighted by molar-refractivity contribution is 5.74. The van der Waals surface area contributed by atoms with Crippen LogP contribution in [0.4, 0.5) is 0 Å². The van der Waals surface area contributed by atoms with E-state index >= 15 is 0 Å². The topological polar surface area (TPSA) is 153 Å². The highest BCUT2D eigenvalue weighted by atomic mass is 16.4. The standard InChI is InChI=1S/C5H9NO4.C4H11NO2/c6-3(5(9)10)1-2-4(7)8;6-3-1-5-2-4-7/h3H,1-2,6H2,(H,7,8)(H,9,10);5-7H,1-4H2/t3-;/m0./s1. The van der Waals surface area contributed by atoms with Gasteiger partial charge in [-0.2, -0.15) is 0 Å². The zero-order chi connectivity index (χ0) is 13.7. The van der Waals surface area contributed by atoms with E-state index in [-0.39, 0.29) is 26.1 Å². The van der Waals surface area contributed by atoms with E-state index < -0.39 is 18.0 Å². The Balaban J connectivity index is 0. The number of carboxylic acids is 2. The summed E-state index contributed by atoms with van der Waals surface area (Å²) in [5.74, 6) is -2.20. The molecule has 0 saturated heterocycles. The van der Waals surface area contributed by atoms with E-state index in [0.29, 0.717) is 13.1 Å². The average Bonchev–Trinajstić information content (AvgIpc) is 2.27. The molecule has 0 fully saturated rings. The van der Waals surface area contributed by atoms with E-state index in [1.807, 2.05) is 0 Å². The fraction of sp³-hybridized carbons (Fsp3) is 0.778. The van der Waals surface area contributed by atoms with Crippen molar-refractivity contribution in [3.05, 3.63) is 0 Å². The van der Waals surface area contributed by atoms with E-state index in [2.05, 4.69) is 5.32 Å². The molecule has 1 atom stereocenters. The molecule has 0 aliphatic rings. The lowest BCUT2D eigenvalue weighted by Crippen LogP contribution is -2.30. The Morgan fingerprint density at radius 1 is 1.12 bits per heavy atom. The molecule has 0 heterocycles. The molecule has 0 bridgehead atoms. The highest BCUT2D eigenvalue weighted by Gasteiger charge is 2.12. The molecule has 0 saturated carbocycles. The lowest BCUT2D eigenvalue weighted by molar-refractivity contribution is -0.139. The number of nitrogens with one attached hydrogen (secondary N) is 1. The number of carboxylic acid groups (broad SMARTS) is 2. The maximum Gasteiger partial charge on any atom is 0.320 e. The lowest BCUT2D eigenvalue weighted by Gasteiger charge is -2.01. The monoisotopic (exact) mass is 252 g/mol. The van der Waals surface area contributed by atoms with Gasteiger partial charge in [0.1, 0.15) is 6.04 Å². The maximum absolute atomic E-state index is 9.99. The molecule has 0 rings (SSSR count). The molecule has 0 radical (unpaired) electrons. The number of rotatable bonds is 8. The smallest absolute Gasteiger partial charge is 0.320 e. The van der Waals surface area contributed by atoms with Gasteiger partial charge in [0.15, 0.2) is 0 Å². The van der Waals surface area contributed by atoms with Gasteiger partial charge >= 0.3 is 11.9 Å². The van der Waals surface area contributed by atoms with Gasteiger partial charge in [-0.3, -0.25) is 9.59 Å². The Kier molecular flexibility index (Phi) is 13.7. The second kappa shape index (κ2) is 12.8. The number of hydrogen-bond acceptors (Lipinski definition) is 6. The maximum atomic E-state index is 9.99. The quantitative estimate of drug-likeness (QED) is 0.267. The number of hydrogen-bond donors (Lipinski definition) is 6. The molecule has 0 aliphatic heterocycles. The molecular weight excluding hydrogens is 232 g/mol. The molecule has 0 spiro atoms. The Bertz CT molecular complexity index is 208. The van der Waals surface area contributed by atoms with Crippen LogP contribution in [0.3, 0.4) is 0 Å². The summed E-state index contributed by atoms with van der Waals surface area (Å²) in [5.41, 5.74) is 5.00. The fourth-order valence-electron chi connectivity index (χ4n) is 0.686. The van der Waals surface area contributed by atoms with Crippen LogP contribution in [0.2, 0.25) is 0 Å². The van der Waals surface area contributed by atoms with E-state index in [0.717, 1.165) is 0 Å². The Labute approximate surface area is 99.1 Å². The van der Waals surface area contributed by atoms with Gasteiger partial charge in [-0.25, -0.2) is 0 Å². The highest BCUT2D eigenvalue weighted by Crippen LogP contribution is 1.93. The van der Waals surface area contributed by atoms with Crippen molar-refractivity contribution in [3.8, 4) is 0 Å². The Morgan fingerprint density at radius 2 is 1.59 bits per heavy atom. The van der Waals surface area contributed by atoms with Crippen molar-refractivity contribution < 1.29 is 30.0 Å². The third kappa shape index (κ3) is 17.4. The summed E-state index contributed by atoms with van der Waals surface area (Å²) in [5, 5.41) is 35.4. The van der Waals surface area contributed by atoms with Crippen LogP contribution in [-0.2, 0) is 9.59 Å². The molecule has 0 unspecified atom stereocenters. The zero-order valence-corrected chi connectivity index (χ0v) is 9.50. The van der Waals surface area contributed by atoms with Gasteiger partial charge < -0.3 is 31.5 Å². The summed E-state index contributed by atoms with van der Waals surface area (Å²) in [6.07, 6.45) is -0.224. The van der Waals surface area contributed by atoms with Crippen LogP contribution < -0.4 is 11.1 Å². The SMILES string of the molecule is N[C@@H](CCC(=O)O)C(=O)O.OCCNCCO. The molecule has 0 aromatic heterocycles. The van der Waals surface area contributed by atoms with E-state index in [1.54, 1.807) is 0 Å². The molecule has 8 nitrogen and oxygen atoms in total. The number of aliphatic carboxylic acids is 2. The normalized spacial score (nSPS) is 11.2. The molecule has 0 aromatic carbocycles.